The van der Waals surface area contributed by atoms with E-state index in [4.69, 9.17) is 0 Å². The molecule has 3 amide bonds. The molecular formula is C29H36N4O3. The van der Waals surface area contributed by atoms with Gasteiger partial charge < -0.3 is 20.0 Å². The molecule has 3 fully saturated rings. The van der Waals surface area contributed by atoms with Crippen LogP contribution in [-0.2, 0) is 4.79 Å². The molecule has 5 rings (SSSR count). The fourth-order valence-corrected chi connectivity index (χ4v) is 5.61. The van der Waals surface area contributed by atoms with E-state index in [1.54, 1.807) is 0 Å². The fraction of sp³-hybridized carbons (Fsp3) is 0.483. The summed E-state index contributed by atoms with van der Waals surface area (Å²) >= 11 is 0. The second-order valence-electron chi connectivity index (χ2n) is 10.3. The van der Waals surface area contributed by atoms with Crippen LogP contribution in [-0.4, -0.2) is 66.8 Å². The van der Waals surface area contributed by atoms with Gasteiger partial charge in [-0.05, 0) is 62.9 Å². The zero-order chi connectivity index (χ0) is 25.1. The minimum atomic E-state index is 0.0256. The van der Waals surface area contributed by atoms with Crippen molar-refractivity contribution in [2.24, 2.45) is 5.92 Å². The number of hydrogen-bond acceptors (Lipinski definition) is 4. The van der Waals surface area contributed by atoms with Gasteiger partial charge in [0.2, 0.25) is 5.91 Å². The molecule has 0 unspecified atom stereocenters. The van der Waals surface area contributed by atoms with E-state index in [9.17, 15) is 14.4 Å². The van der Waals surface area contributed by atoms with Gasteiger partial charge in [0.05, 0.1) is 5.56 Å². The molecule has 7 nitrogen and oxygen atoms in total. The predicted octanol–water partition coefficient (Wildman–Crippen LogP) is 4.32. The minimum absolute atomic E-state index is 0.0256. The molecule has 2 aromatic carbocycles. The van der Waals surface area contributed by atoms with E-state index in [1.165, 1.54) is 0 Å². The van der Waals surface area contributed by atoms with Gasteiger partial charge >= 0.3 is 0 Å². The third-order valence-corrected chi connectivity index (χ3v) is 7.82. The number of carbonyl (C=O) groups excluding carboxylic acids is 3. The Labute approximate surface area is 213 Å². The Morgan fingerprint density at radius 3 is 2.06 bits per heavy atom. The van der Waals surface area contributed by atoms with Gasteiger partial charge in [-0.3, -0.25) is 14.4 Å². The van der Waals surface area contributed by atoms with Crippen molar-refractivity contribution in [2.45, 2.75) is 45.4 Å². The van der Waals surface area contributed by atoms with Crippen LogP contribution in [0.3, 0.4) is 0 Å². The van der Waals surface area contributed by atoms with E-state index >= 15 is 0 Å². The van der Waals surface area contributed by atoms with Gasteiger partial charge in [0.1, 0.15) is 0 Å². The smallest absolute Gasteiger partial charge is 0.256 e. The molecule has 3 aliphatic rings. The SMILES string of the molecule is Cc1ccc(C(=O)N2CCN(c3ccc(NC(=O)C4CCCC4)cc3C(=O)N3CCCC3)CC2)cc1. The summed E-state index contributed by atoms with van der Waals surface area (Å²) in [5, 5.41) is 3.06. The van der Waals surface area contributed by atoms with E-state index in [1.807, 2.05) is 59.2 Å². The zero-order valence-electron chi connectivity index (χ0n) is 21.2. The van der Waals surface area contributed by atoms with Gasteiger partial charge in [-0.2, -0.15) is 0 Å². The van der Waals surface area contributed by atoms with Crippen molar-refractivity contribution in [1.29, 1.82) is 0 Å². The molecule has 0 spiro atoms. The normalized spacial score (nSPS) is 18.5. The molecule has 36 heavy (non-hydrogen) atoms. The van der Waals surface area contributed by atoms with Gasteiger partial charge in [0, 0.05) is 62.1 Å². The van der Waals surface area contributed by atoms with Crippen molar-refractivity contribution in [2.75, 3.05) is 49.5 Å². The Hall–Kier alpha value is -3.35. The number of rotatable bonds is 5. The molecule has 2 aromatic rings. The lowest BCUT2D eigenvalue weighted by atomic mass is 10.1. The maximum atomic E-state index is 13.5. The van der Waals surface area contributed by atoms with E-state index < -0.39 is 0 Å². The molecule has 190 valence electrons. The second kappa shape index (κ2) is 10.7. The summed E-state index contributed by atoms with van der Waals surface area (Å²) in [6.07, 6.45) is 6.14. The van der Waals surface area contributed by atoms with Crippen LogP contribution < -0.4 is 10.2 Å². The Bertz CT molecular complexity index is 1110. The molecular weight excluding hydrogens is 452 g/mol. The molecule has 0 atom stereocenters. The standard InChI is InChI=1S/C29H36N4O3/c1-21-8-10-23(11-9-21)28(35)33-18-16-31(17-19-33)26-13-12-24(30-27(34)22-6-2-3-7-22)20-25(26)29(36)32-14-4-5-15-32/h8-13,20,22H,2-7,14-19H2,1H3,(H,30,34). The molecule has 0 bridgehead atoms. The Morgan fingerprint density at radius 2 is 1.39 bits per heavy atom. The summed E-state index contributed by atoms with van der Waals surface area (Å²) in [5.74, 6) is 0.204. The van der Waals surface area contributed by atoms with Gasteiger partial charge in [-0.15, -0.1) is 0 Å². The van der Waals surface area contributed by atoms with Crippen LogP contribution in [0.4, 0.5) is 11.4 Å². The molecule has 2 saturated heterocycles. The first-order valence-electron chi connectivity index (χ1n) is 13.3. The van der Waals surface area contributed by atoms with Crippen LogP contribution in [0, 0.1) is 12.8 Å². The number of piperazine rings is 1. The van der Waals surface area contributed by atoms with Crippen LogP contribution in [0.1, 0.15) is 64.8 Å². The lowest BCUT2D eigenvalue weighted by molar-refractivity contribution is -0.119. The predicted molar refractivity (Wildman–Crippen MR) is 141 cm³/mol. The first kappa shape index (κ1) is 24.3. The van der Waals surface area contributed by atoms with Gasteiger partial charge in [-0.25, -0.2) is 0 Å². The summed E-state index contributed by atoms with van der Waals surface area (Å²) in [6, 6.07) is 13.4. The van der Waals surface area contributed by atoms with Gasteiger partial charge in [0.15, 0.2) is 0 Å². The zero-order valence-corrected chi connectivity index (χ0v) is 21.2. The molecule has 2 heterocycles. The molecule has 1 aliphatic carbocycles. The highest BCUT2D eigenvalue weighted by molar-refractivity contribution is 6.02. The number of aryl methyl sites for hydroxylation is 1. The number of carbonyl (C=O) groups is 3. The lowest BCUT2D eigenvalue weighted by Crippen LogP contribution is -2.49. The summed E-state index contributed by atoms with van der Waals surface area (Å²) < 4.78 is 0. The maximum absolute atomic E-state index is 13.5. The number of anilines is 2. The molecule has 7 heteroatoms. The number of likely N-dealkylation sites (tertiary alicyclic amines) is 1. The molecule has 0 radical (unpaired) electrons. The summed E-state index contributed by atoms with van der Waals surface area (Å²) in [4.78, 5) is 45.2. The highest BCUT2D eigenvalue weighted by Gasteiger charge is 2.29. The van der Waals surface area contributed by atoms with Gasteiger partial charge in [-0.1, -0.05) is 30.5 Å². The quantitative estimate of drug-likeness (QED) is 0.680. The highest BCUT2D eigenvalue weighted by Crippen LogP contribution is 2.30. The van der Waals surface area contributed by atoms with Crippen LogP contribution >= 0.6 is 0 Å². The lowest BCUT2D eigenvalue weighted by Gasteiger charge is -2.37. The average Bonchev–Trinajstić information content (AvgIpc) is 3.64. The van der Waals surface area contributed by atoms with Crippen LogP contribution in [0.15, 0.2) is 42.5 Å². The summed E-state index contributed by atoms with van der Waals surface area (Å²) in [5.41, 5.74) is 4.05. The Kier molecular flexibility index (Phi) is 7.25. The number of amides is 3. The number of hydrogen-bond donors (Lipinski definition) is 1. The van der Waals surface area contributed by atoms with E-state index in [-0.39, 0.29) is 23.6 Å². The van der Waals surface area contributed by atoms with E-state index in [0.29, 0.717) is 43.0 Å². The molecule has 1 N–H and O–H groups in total. The topological polar surface area (TPSA) is 73.0 Å². The van der Waals surface area contributed by atoms with Crippen molar-refractivity contribution in [3.05, 3.63) is 59.2 Å². The number of nitrogens with one attached hydrogen (secondary N) is 1. The second-order valence-corrected chi connectivity index (χ2v) is 10.3. The van der Waals surface area contributed by atoms with Crippen molar-refractivity contribution < 1.29 is 14.4 Å². The summed E-state index contributed by atoms with van der Waals surface area (Å²) in [6.45, 7) is 6.08. The molecule has 1 saturated carbocycles. The van der Waals surface area contributed by atoms with Crippen molar-refractivity contribution >= 4 is 29.1 Å². The fourth-order valence-electron chi connectivity index (χ4n) is 5.61. The van der Waals surface area contributed by atoms with Crippen molar-refractivity contribution in [3.63, 3.8) is 0 Å². The van der Waals surface area contributed by atoms with Crippen molar-refractivity contribution in [3.8, 4) is 0 Å². The largest absolute Gasteiger partial charge is 0.367 e. The Morgan fingerprint density at radius 1 is 0.750 bits per heavy atom. The number of nitrogens with zero attached hydrogens (tertiary/aromatic N) is 3. The monoisotopic (exact) mass is 488 g/mol. The third kappa shape index (κ3) is 5.25. The number of benzene rings is 2. The van der Waals surface area contributed by atoms with E-state index in [2.05, 4.69) is 10.2 Å². The van der Waals surface area contributed by atoms with Crippen LogP contribution in [0.5, 0.6) is 0 Å². The molecule has 2 aliphatic heterocycles. The van der Waals surface area contributed by atoms with Crippen LogP contribution in [0.2, 0.25) is 0 Å². The minimum Gasteiger partial charge on any atom is -0.367 e. The maximum Gasteiger partial charge on any atom is 0.256 e. The average molecular weight is 489 g/mol. The van der Waals surface area contributed by atoms with Crippen LogP contribution in [0.25, 0.3) is 0 Å². The van der Waals surface area contributed by atoms with Crippen molar-refractivity contribution in [1.82, 2.24) is 9.80 Å². The molecule has 0 aromatic heterocycles. The highest BCUT2D eigenvalue weighted by atomic mass is 16.2. The van der Waals surface area contributed by atoms with Gasteiger partial charge in [0.25, 0.3) is 11.8 Å². The third-order valence-electron chi connectivity index (χ3n) is 7.82. The first-order chi connectivity index (χ1) is 17.5. The van der Waals surface area contributed by atoms with E-state index in [0.717, 1.165) is 62.9 Å². The summed E-state index contributed by atoms with van der Waals surface area (Å²) in [7, 11) is 0. The first-order valence-corrected chi connectivity index (χ1v) is 13.3. The Balaban J connectivity index is 1.32.